The minimum atomic E-state index is -4.68. The van der Waals surface area contributed by atoms with Crippen molar-refractivity contribution in [3.63, 3.8) is 0 Å². The van der Waals surface area contributed by atoms with Gasteiger partial charge in [0.15, 0.2) is 0 Å². The van der Waals surface area contributed by atoms with Crippen LogP contribution >= 0.6 is 0 Å². The molecule has 1 aromatic rings. The lowest BCUT2D eigenvalue weighted by molar-refractivity contribution is -0.137. The number of hydrogen-bond acceptors (Lipinski definition) is 4. The lowest BCUT2D eigenvalue weighted by Gasteiger charge is -2.32. The molecule has 154 valence electrons. The Bertz CT molecular complexity index is 729. The summed E-state index contributed by atoms with van der Waals surface area (Å²) in [4.78, 5) is 12.5. The van der Waals surface area contributed by atoms with E-state index in [9.17, 15) is 18.0 Å². The molecule has 28 heavy (non-hydrogen) atoms. The number of ether oxygens (including phenoxy) is 1. The van der Waals surface area contributed by atoms with E-state index in [2.05, 4.69) is 5.32 Å². The van der Waals surface area contributed by atoms with Crippen LogP contribution < -0.4 is 10.8 Å². The summed E-state index contributed by atoms with van der Waals surface area (Å²) in [5.41, 5.74) is -2.51. The first kappa shape index (κ1) is 21.1. The number of hydrogen-bond donors (Lipinski definition) is 1. The molecule has 0 saturated carbocycles. The molecule has 0 bridgehead atoms. The quantitative estimate of drug-likeness (QED) is 0.795. The second-order valence-corrected chi connectivity index (χ2v) is 8.25. The van der Waals surface area contributed by atoms with Crippen molar-refractivity contribution in [2.75, 3.05) is 13.2 Å². The van der Waals surface area contributed by atoms with Gasteiger partial charge in [-0.1, -0.05) is 6.07 Å². The predicted molar refractivity (Wildman–Crippen MR) is 98.5 cm³/mol. The highest BCUT2D eigenvalue weighted by molar-refractivity contribution is 6.62. The van der Waals surface area contributed by atoms with E-state index in [-0.39, 0.29) is 11.5 Å². The first-order chi connectivity index (χ1) is 12.9. The minimum Gasteiger partial charge on any atom is -0.399 e. The Labute approximate surface area is 163 Å². The lowest BCUT2D eigenvalue weighted by Crippen LogP contribution is -2.41. The van der Waals surface area contributed by atoms with Crippen LogP contribution in [-0.2, 0) is 20.2 Å². The Balaban J connectivity index is 1.87. The van der Waals surface area contributed by atoms with Crippen molar-refractivity contribution in [1.29, 1.82) is 0 Å². The molecule has 1 aromatic carbocycles. The molecule has 2 heterocycles. The molecule has 1 N–H and O–H groups in total. The zero-order chi connectivity index (χ0) is 20.7. The van der Waals surface area contributed by atoms with Gasteiger partial charge in [0, 0.05) is 19.3 Å². The predicted octanol–water partition coefficient (Wildman–Crippen LogP) is 2.91. The van der Waals surface area contributed by atoms with Gasteiger partial charge in [-0.05, 0) is 58.1 Å². The molecule has 2 aliphatic heterocycles. The molecule has 2 saturated heterocycles. The van der Waals surface area contributed by atoms with Gasteiger partial charge in [-0.15, -0.1) is 0 Å². The van der Waals surface area contributed by atoms with E-state index in [1.54, 1.807) is 0 Å². The largest absolute Gasteiger partial charge is 0.494 e. The van der Waals surface area contributed by atoms with Gasteiger partial charge in [0.25, 0.3) is 5.91 Å². The standard InChI is InChI=1S/C19H25BF3NO4/c1-17(2)18(3,4)28-20(27-17)12-5-6-14(15(11-12)19(21,22)23)16(25)24-13-7-9-26-10-8-13/h5-6,11,13H,7-10H2,1-4H3,(H,24,25). The Morgan fingerprint density at radius 2 is 1.68 bits per heavy atom. The number of benzene rings is 1. The van der Waals surface area contributed by atoms with Crippen LogP contribution in [0.25, 0.3) is 0 Å². The molecule has 0 atom stereocenters. The van der Waals surface area contributed by atoms with Crippen LogP contribution in [0.15, 0.2) is 18.2 Å². The topological polar surface area (TPSA) is 56.8 Å². The van der Waals surface area contributed by atoms with Gasteiger partial charge in [-0.25, -0.2) is 0 Å². The fourth-order valence-electron chi connectivity index (χ4n) is 3.23. The first-order valence-corrected chi connectivity index (χ1v) is 9.36. The third kappa shape index (κ3) is 4.21. The van der Waals surface area contributed by atoms with E-state index < -0.39 is 41.5 Å². The summed E-state index contributed by atoms with van der Waals surface area (Å²) in [5, 5.41) is 2.68. The van der Waals surface area contributed by atoms with E-state index in [0.717, 1.165) is 6.07 Å². The van der Waals surface area contributed by atoms with Gasteiger partial charge in [-0.3, -0.25) is 4.79 Å². The van der Waals surface area contributed by atoms with E-state index in [1.807, 2.05) is 27.7 Å². The maximum atomic E-state index is 13.7. The molecule has 0 aromatic heterocycles. The Hall–Kier alpha value is -1.58. The van der Waals surface area contributed by atoms with Gasteiger partial charge in [-0.2, -0.15) is 13.2 Å². The summed E-state index contributed by atoms with van der Waals surface area (Å²) in [7, 11) is -0.932. The van der Waals surface area contributed by atoms with Crippen LogP contribution in [-0.4, -0.2) is 43.5 Å². The molecule has 0 aliphatic carbocycles. The third-order valence-electron chi connectivity index (χ3n) is 5.68. The summed E-state index contributed by atoms with van der Waals surface area (Å²) in [6.45, 7) is 8.28. The Morgan fingerprint density at radius 3 is 2.21 bits per heavy atom. The summed E-state index contributed by atoms with van der Waals surface area (Å²) in [5.74, 6) is -0.736. The fourth-order valence-corrected chi connectivity index (χ4v) is 3.23. The third-order valence-corrected chi connectivity index (χ3v) is 5.68. The number of carbonyl (C=O) groups excluding carboxylic acids is 1. The average Bonchev–Trinajstić information content (AvgIpc) is 2.82. The molecular weight excluding hydrogens is 374 g/mol. The molecule has 2 aliphatic rings. The second-order valence-electron chi connectivity index (χ2n) is 8.25. The van der Waals surface area contributed by atoms with Crippen molar-refractivity contribution in [1.82, 2.24) is 5.32 Å². The molecule has 1 amide bonds. The zero-order valence-corrected chi connectivity index (χ0v) is 16.5. The minimum absolute atomic E-state index is 0.190. The highest BCUT2D eigenvalue weighted by Crippen LogP contribution is 2.37. The van der Waals surface area contributed by atoms with Crippen molar-refractivity contribution < 1.29 is 32.0 Å². The number of rotatable bonds is 3. The van der Waals surface area contributed by atoms with Crippen molar-refractivity contribution in [2.24, 2.45) is 0 Å². The van der Waals surface area contributed by atoms with Crippen LogP contribution in [0.3, 0.4) is 0 Å². The van der Waals surface area contributed by atoms with Gasteiger partial charge in [0.2, 0.25) is 0 Å². The molecule has 3 rings (SSSR count). The van der Waals surface area contributed by atoms with Crippen LogP contribution in [0.2, 0.25) is 0 Å². The van der Waals surface area contributed by atoms with Crippen molar-refractivity contribution in [3.05, 3.63) is 29.3 Å². The number of halogens is 3. The molecule has 0 spiro atoms. The summed E-state index contributed by atoms with van der Waals surface area (Å²) in [6.07, 6.45) is -3.51. The summed E-state index contributed by atoms with van der Waals surface area (Å²) < 4.78 is 57.9. The highest BCUT2D eigenvalue weighted by atomic mass is 19.4. The van der Waals surface area contributed by atoms with Crippen LogP contribution in [0.4, 0.5) is 13.2 Å². The van der Waals surface area contributed by atoms with Gasteiger partial charge in [0.1, 0.15) is 0 Å². The monoisotopic (exact) mass is 399 g/mol. The maximum absolute atomic E-state index is 13.7. The number of alkyl halides is 3. The van der Waals surface area contributed by atoms with Crippen molar-refractivity contribution >= 4 is 18.5 Å². The fraction of sp³-hybridized carbons (Fsp3) is 0.632. The number of carbonyl (C=O) groups is 1. The molecule has 0 radical (unpaired) electrons. The van der Waals surface area contributed by atoms with E-state index in [1.165, 1.54) is 12.1 Å². The molecule has 0 unspecified atom stereocenters. The Kier molecular flexibility index (Phi) is 5.55. The van der Waals surface area contributed by atoms with Crippen LogP contribution in [0, 0.1) is 0 Å². The molecule has 2 fully saturated rings. The SMILES string of the molecule is CC1(C)OB(c2ccc(C(=O)NC3CCOCC3)c(C(F)(F)F)c2)OC1(C)C. The van der Waals surface area contributed by atoms with Gasteiger partial charge >= 0.3 is 13.3 Å². The van der Waals surface area contributed by atoms with E-state index in [4.69, 9.17) is 14.0 Å². The van der Waals surface area contributed by atoms with E-state index in [0.29, 0.717) is 26.1 Å². The molecule has 9 heteroatoms. The zero-order valence-electron chi connectivity index (χ0n) is 16.5. The van der Waals surface area contributed by atoms with Gasteiger partial charge in [0.05, 0.1) is 22.3 Å². The van der Waals surface area contributed by atoms with Gasteiger partial charge < -0.3 is 19.4 Å². The maximum Gasteiger partial charge on any atom is 0.494 e. The number of amides is 1. The molecule has 5 nitrogen and oxygen atoms in total. The Morgan fingerprint density at radius 1 is 1.11 bits per heavy atom. The van der Waals surface area contributed by atoms with E-state index >= 15 is 0 Å². The van der Waals surface area contributed by atoms with Crippen LogP contribution in [0.5, 0.6) is 0 Å². The number of nitrogens with one attached hydrogen (secondary N) is 1. The summed E-state index contributed by atoms with van der Waals surface area (Å²) >= 11 is 0. The first-order valence-electron chi connectivity index (χ1n) is 9.36. The van der Waals surface area contributed by atoms with Crippen molar-refractivity contribution in [2.45, 2.75) is 64.0 Å². The highest BCUT2D eigenvalue weighted by Gasteiger charge is 2.52. The molecular formula is C19H25BF3NO4. The smallest absolute Gasteiger partial charge is 0.399 e. The lowest BCUT2D eigenvalue weighted by atomic mass is 9.77. The average molecular weight is 399 g/mol. The van der Waals surface area contributed by atoms with Crippen molar-refractivity contribution in [3.8, 4) is 0 Å². The second kappa shape index (κ2) is 7.35. The van der Waals surface area contributed by atoms with Crippen LogP contribution in [0.1, 0.15) is 56.5 Å². The normalized spacial score (nSPS) is 22.3. The summed E-state index contributed by atoms with van der Waals surface area (Å²) in [6, 6.07) is 3.40.